The summed E-state index contributed by atoms with van der Waals surface area (Å²) in [6, 6.07) is 13.2. The van der Waals surface area contributed by atoms with E-state index in [1.54, 1.807) is 24.8 Å². The number of carbonyl (C=O) groups excluding carboxylic acids is 1. The third-order valence-corrected chi connectivity index (χ3v) is 5.08. The maximum Gasteiger partial charge on any atom is 0.225 e. The Balaban J connectivity index is 2.33. The molecule has 3 aromatic rings. The van der Waals surface area contributed by atoms with Crippen LogP contribution in [0, 0.1) is 20.8 Å². The van der Waals surface area contributed by atoms with Gasteiger partial charge in [-0.1, -0.05) is 25.1 Å². The predicted molar refractivity (Wildman–Crippen MR) is 120 cm³/mol. The van der Waals surface area contributed by atoms with E-state index in [-0.39, 0.29) is 11.3 Å². The van der Waals surface area contributed by atoms with Crippen LogP contribution in [0.3, 0.4) is 0 Å². The lowest BCUT2D eigenvalue weighted by Gasteiger charge is -2.19. The normalized spacial score (nSPS) is 10.7. The Morgan fingerprint density at radius 3 is 2.53 bits per heavy atom. The van der Waals surface area contributed by atoms with Crippen molar-refractivity contribution in [3.05, 3.63) is 69.5 Å². The van der Waals surface area contributed by atoms with Crippen molar-refractivity contribution in [3.8, 4) is 22.6 Å². The van der Waals surface area contributed by atoms with Gasteiger partial charge in [0.25, 0.3) is 0 Å². The summed E-state index contributed by atoms with van der Waals surface area (Å²) in [4.78, 5) is 25.7. The summed E-state index contributed by atoms with van der Waals surface area (Å²) in [5.41, 5.74) is 4.20. The first-order chi connectivity index (χ1) is 14.3. The predicted octanol–water partition coefficient (Wildman–Crippen LogP) is 4.57. The van der Waals surface area contributed by atoms with Gasteiger partial charge in [-0.3, -0.25) is 9.59 Å². The maximum atomic E-state index is 13.2. The summed E-state index contributed by atoms with van der Waals surface area (Å²) >= 11 is 0. The highest BCUT2D eigenvalue weighted by Crippen LogP contribution is 2.30. The van der Waals surface area contributed by atoms with Crippen molar-refractivity contribution in [2.75, 3.05) is 12.4 Å². The highest BCUT2D eigenvalue weighted by Gasteiger charge is 2.20. The summed E-state index contributed by atoms with van der Waals surface area (Å²) in [5, 5.41) is 7.45. The van der Waals surface area contributed by atoms with Crippen LogP contribution >= 0.6 is 0 Å². The van der Waals surface area contributed by atoms with Gasteiger partial charge >= 0.3 is 0 Å². The van der Waals surface area contributed by atoms with E-state index in [0.29, 0.717) is 41.2 Å². The minimum absolute atomic E-state index is 0.163. The molecule has 0 saturated heterocycles. The summed E-state index contributed by atoms with van der Waals surface area (Å²) in [5.74, 6) is 0.828. The molecule has 0 aliphatic carbocycles. The molecule has 1 aromatic heterocycles. The Morgan fingerprint density at radius 2 is 1.87 bits per heavy atom. The molecule has 0 saturated carbocycles. The number of hydrogen-bond donors (Lipinski definition) is 1. The number of hydrogen-bond acceptors (Lipinski definition) is 4. The Morgan fingerprint density at radius 1 is 1.10 bits per heavy atom. The smallest absolute Gasteiger partial charge is 0.225 e. The van der Waals surface area contributed by atoms with E-state index in [1.807, 2.05) is 57.2 Å². The fraction of sp³-hybridized carbons (Fsp3) is 0.292. The van der Waals surface area contributed by atoms with Gasteiger partial charge in [-0.25, -0.2) is 4.68 Å². The number of carbonyl (C=O) groups is 1. The minimum atomic E-state index is -0.227. The van der Waals surface area contributed by atoms with Crippen LogP contribution < -0.4 is 15.5 Å². The number of rotatable bonds is 6. The average molecular weight is 405 g/mol. The summed E-state index contributed by atoms with van der Waals surface area (Å²) in [7, 11) is 1.58. The van der Waals surface area contributed by atoms with Crippen LogP contribution in [-0.2, 0) is 4.79 Å². The van der Waals surface area contributed by atoms with Crippen LogP contribution in [0.25, 0.3) is 16.8 Å². The van der Waals surface area contributed by atoms with Gasteiger partial charge in [-0.05, 0) is 68.1 Å². The number of amides is 1. The molecular weight excluding hydrogens is 378 g/mol. The molecule has 1 N–H and O–H groups in total. The number of anilines is 1. The van der Waals surface area contributed by atoms with Crippen molar-refractivity contribution >= 4 is 11.7 Å². The molecule has 0 atom stereocenters. The first kappa shape index (κ1) is 21.3. The first-order valence-electron chi connectivity index (χ1n) is 10.0. The molecule has 0 fully saturated rings. The molecule has 156 valence electrons. The van der Waals surface area contributed by atoms with Gasteiger partial charge in [0.1, 0.15) is 17.3 Å². The topological polar surface area (TPSA) is 73.2 Å². The molecule has 0 bridgehead atoms. The van der Waals surface area contributed by atoms with Gasteiger partial charge in [0.2, 0.25) is 11.3 Å². The number of ether oxygens (including phenoxy) is 1. The second-order valence-electron chi connectivity index (χ2n) is 7.35. The third-order valence-electron chi connectivity index (χ3n) is 5.08. The lowest BCUT2D eigenvalue weighted by atomic mass is 10.0. The van der Waals surface area contributed by atoms with Crippen molar-refractivity contribution in [3.63, 3.8) is 0 Å². The number of benzene rings is 2. The van der Waals surface area contributed by atoms with Gasteiger partial charge in [-0.2, -0.15) is 5.10 Å². The van der Waals surface area contributed by atoms with Crippen LogP contribution in [0.5, 0.6) is 5.75 Å². The van der Waals surface area contributed by atoms with E-state index >= 15 is 0 Å². The second kappa shape index (κ2) is 8.95. The largest absolute Gasteiger partial charge is 0.497 e. The highest BCUT2D eigenvalue weighted by molar-refractivity contribution is 5.94. The summed E-state index contributed by atoms with van der Waals surface area (Å²) < 4.78 is 6.98. The van der Waals surface area contributed by atoms with E-state index < -0.39 is 0 Å². The molecule has 3 rings (SSSR count). The molecule has 0 aliphatic heterocycles. The van der Waals surface area contributed by atoms with Crippen molar-refractivity contribution < 1.29 is 9.53 Å². The van der Waals surface area contributed by atoms with Crippen LogP contribution in [0.1, 0.15) is 36.6 Å². The fourth-order valence-corrected chi connectivity index (χ4v) is 3.27. The van der Waals surface area contributed by atoms with Crippen molar-refractivity contribution in [2.45, 2.75) is 40.5 Å². The average Bonchev–Trinajstić information content (AvgIpc) is 2.73. The fourth-order valence-electron chi connectivity index (χ4n) is 3.27. The van der Waals surface area contributed by atoms with Crippen molar-refractivity contribution in [2.24, 2.45) is 0 Å². The third kappa shape index (κ3) is 4.27. The zero-order valence-corrected chi connectivity index (χ0v) is 18.1. The summed E-state index contributed by atoms with van der Waals surface area (Å²) in [6.45, 7) is 7.68. The van der Waals surface area contributed by atoms with Crippen LogP contribution in [0.15, 0.2) is 47.3 Å². The van der Waals surface area contributed by atoms with E-state index in [9.17, 15) is 9.59 Å². The zero-order chi connectivity index (χ0) is 21.8. The lowest BCUT2D eigenvalue weighted by Crippen LogP contribution is -2.24. The molecule has 0 spiro atoms. The Kier molecular flexibility index (Phi) is 6.35. The molecule has 30 heavy (non-hydrogen) atoms. The van der Waals surface area contributed by atoms with Crippen LogP contribution in [-0.4, -0.2) is 22.8 Å². The Hall–Kier alpha value is -3.41. The molecule has 6 heteroatoms. The zero-order valence-electron chi connectivity index (χ0n) is 18.1. The Labute approximate surface area is 176 Å². The van der Waals surface area contributed by atoms with Gasteiger partial charge in [0.15, 0.2) is 0 Å². The highest BCUT2D eigenvalue weighted by atomic mass is 16.5. The molecule has 1 heterocycles. The van der Waals surface area contributed by atoms with E-state index in [0.717, 1.165) is 16.8 Å². The monoisotopic (exact) mass is 405 g/mol. The molecule has 1 amide bonds. The van der Waals surface area contributed by atoms with Crippen LogP contribution in [0.4, 0.5) is 5.82 Å². The second-order valence-corrected chi connectivity index (χ2v) is 7.35. The van der Waals surface area contributed by atoms with Crippen LogP contribution in [0.2, 0.25) is 0 Å². The maximum absolute atomic E-state index is 13.2. The molecular formula is C24H27N3O3. The van der Waals surface area contributed by atoms with Gasteiger partial charge < -0.3 is 10.1 Å². The molecule has 0 aliphatic rings. The van der Waals surface area contributed by atoms with Gasteiger partial charge in [0.05, 0.1) is 18.4 Å². The number of methoxy groups -OCH3 is 1. The quantitative estimate of drug-likeness (QED) is 0.652. The summed E-state index contributed by atoms with van der Waals surface area (Å²) in [6.07, 6.45) is 1.06. The number of nitrogens with one attached hydrogen (secondary N) is 1. The molecule has 2 aromatic carbocycles. The van der Waals surface area contributed by atoms with E-state index in [4.69, 9.17) is 4.74 Å². The number of nitrogens with zero attached hydrogens (tertiary/aromatic N) is 2. The van der Waals surface area contributed by atoms with E-state index in [2.05, 4.69) is 10.4 Å². The van der Waals surface area contributed by atoms with Crippen molar-refractivity contribution in [1.29, 1.82) is 0 Å². The lowest BCUT2D eigenvalue weighted by molar-refractivity contribution is -0.116. The SMILES string of the molecule is CCCC(=O)Nc1c(-c2cccc(OC)c2)c(=O)c(C)nn1-c1ccc(C)c(C)c1. The minimum Gasteiger partial charge on any atom is -0.497 e. The first-order valence-corrected chi connectivity index (χ1v) is 10.0. The number of aryl methyl sites for hydroxylation is 3. The van der Waals surface area contributed by atoms with E-state index in [1.165, 1.54) is 0 Å². The van der Waals surface area contributed by atoms with Gasteiger partial charge in [0, 0.05) is 6.42 Å². The van der Waals surface area contributed by atoms with Crippen molar-refractivity contribution in [1.82, 2.24) is 9.78 Å². The Bertz CT molecular complexity index is 1150. The molecule has 0 unspecified atom stereocenters. The van der Waals surface area contributed by atoms with Gasteiger partial charge in [-0.15, -0.1) is 0 Å². The molecule has 0 radical (unpaired) electrons. The number of aromatic nitrogens is 2. The molecule has 6 nitrogen and oxygen atoms in total. The standard InChI is InChI=1S/C24H27N3O3/c1-6-8-21(28)25-24-22(18-9-7-10-20(14-18)30-5)23(29)17(4)26-27(24)19-12-11-15(2)16(3)13-19/h7,9-14H,6,8H2,1-5H3,(H,25,28).